The van der Waals surface area contributed by atoms with Crippen molar-refractivity contribution in [1.82, 2.24) is 20.5 Å². The van der Waals surface area contributed by atoms with Gasteiger partial charge in [-0.15, -0.1) is 0 Å². The summed E-state index contributed by atoms with van der Waals surface area (Å²) >= 11 is 0. The number of rotatable bonds is 5. The van der Waals surface area contributed by atoms with E-state index < -0.39 is 5.97 Å². The van der Waals surface area contributed by atoms with Gasteiger partial charge in [0, 0.05) is 47.9 Å². The Morgan fingerprint density at radius 3 is 2.95 bits per heavy atom. The van der Waals surface area contributed by atoms with Gasteiger partial charge < -0.3 is 10.4 Å². The van der Waals surface area contributed by atoms with E-state index in [0.717, 1.165) is 11.6 Å². The van der Waals surface area contributed by atoms with Crippen molar-refractivity contribution >= 4 is 18.0 Å². The van der Waals surface area contributed by atoms with Gasteiger partial charge in [0.15, 0.2) is 0 Å². The van der Waals surface area contributed by atoms with Crippen LogP contribution in [0.15, 0.2) is 36.9 Å². The van der Waals surface area contributed by atoms with Gasteiger partial charge >= 0.3 is 5.97 Å². The Balaban J connectivity index is 2.11. The molecule has 102 valence electrons. The van der Waals surface area contributed by atoms with Gasteiger partial charge in [-0.05, 0) is 12.1 Å². The lowest BCUT2D eigenvalue weighted by Crippen LogP contribution is -2.23. The van der Waals surface area contributed by atoms with Gasteiger partial charge in [-0.3, -0.25) is 14.9 Å². The first-order valence-corrected chi connectivity index (χ1v) is 5.77. The van der Waals surface area contributed by atoms with Crippen LogP contribution in [0, 0.1) is 0 Å². The lowest BCUT2D eigenvalue weighted by atomic mass is 10.1. The molecule has 0 radical (unpaired) electrons. The molecule has 0 aromatic carbocycles. The number of amides is 1. The summed E-state index contributed by atoms with van der Waals surface area (Å²) in [4.78, 5) is 26.4. The highest BCUT2D eigenvalue weighted by atomic mass is 16.4. The summed E-state index contributed by atoms with van der Waals surface area (Å²) in [6.07, 6.45) is 8.50. The van der Waals surface area contributed by atoms with Crippen LogP contribution in [0.4, 0.5) is 0 Å². The molecule has 2 aromatic heterocycles. The second-order valence-electron chi connectivity index (χ2n) is 3.92. The van der Waals surface area contributed by atoms with Crippen LogP contribution in [0.1, 0.15) is 21.5 Å². The standard InChI is InChI=1S/C13H12N4O3/c18-12(19)2-1-10-8-14-4-3-11(10)13(20)15-5-9-6-16-17-7-9/h1-4,6-8H,5H2,(H,15,20)(H,16,17)(H,18,19). The van der Waals surface area contributed by atoms with E-state index >= 15 is 0 Å². The van der Waals surface area contributed by atoms with Crippen molar-refractivity contribution in [2.45, 2.75) is 6.54 Å². The monoisotopic (exact) mass is 272 g/mol. The maximum atomic E-state index is 12.1. The Hall–Kier alpha value is -2.96. The zero-order valence-corrected chi connectivity index (χ0v) is 10.4. The lowest BCUT2D eigenvalue weighted by molar-refractivity contribution is -0.131. The maximum absolute atomic E-state index is 12.1. The predicted octanol–water partition coefficient (Wildman–Crippen LogP) is 0.832. The van der Waals surface area contributed by atoms with Crippen molar-refractivity contribution < 1.29 is 14.7 Å². The minimum Gasteiger partial charge on any atom is -0.478 e. The van der Waals surface area contributed by atoms with Crippen LogP contribution in [0.5, 0.6) is 0 Å². The largest absolute Gasteiger partial charge is 0.478 e. The number of hydrogen-bond donors (Lipinski definition) is 3. The number of hydrogen-bond acceptors (Lipinski definition) is 4. The van der Waals surface area contributed by atoms with Gasteiger partial charge in [-0.1, -0.05) is 0 Å². The highest BCUT2D eigenvalue weighted by molar-refractivity contribution is 5.98. The molecule has 0 aliphatic heterocycles. The Morgan fingerprint density at radius 2 is 2.25 bits per heavy atom. The molecule has 0 saturated carbocycles. The van der Waals surface area contributed by atoms with Crippen LogP contribution >= 0.6 is 0 Å². The van der Waals surface area contributed by atoms with Crippen molar-refractivity contribution in [3.8, 4) is 0 Å². The molecule has 0 unspecified atom stereocenters. The number of nitrogens with zero attached hydrogens (tertiary/aromatic N) is 2. The van der Waals surface area contributed by atoms with Crippen molar-refractivity contribution in [2.24, 2.45) is 0 Å². The van der Waals surface area contributed by atoms with Gasteiger partial charge in [0.25, 0.3) is 5.91 Å². The third-order valence-corrected chi connectivity index (χ3v) is 2.51. The van der Waals surface area contributed by atoms with E-state index in [1.54, 1.807) is 12.4 Å². The number of carboxylic acids is 1. The van der Waals surface area contributed by atoms with Crippen LogP contribution in [-0.4, -0.2) is 32.2 Å². The third-order valence-electron chi connectivity index (χ3n) is 2.51. The highest BCUT2D eigenvalue weighted by Crippen LogP contribution is 2.09. The molecule has 2 rings (SSSR count). The van der Waals surface area contributed by atoms with Crippen molar-refractivity contribution in [3.63, 3.8) is 0 Å². The summed E-state index contributed by atoms with van der Waals surface area (Å²) in [6, 6.07) is 1.53. The Morgan fingerprint density at radius 1 is 1.40 bits per heavy atom. The molecule has 3 N–H and O–H groups in total. The van der Waals surface area contributed by atoms with E-state index in [-0.39, 0.29) is 5.91 Å². The second-order valence-corrected chi connectivity index (χ2v) is 3.92. The second kappa shape index (κ2) is 6.28. The normalized spacial score (nSPS) is 10.6. The van der Waals surface area contributed by atoms with Crippen molar-refractivity contribution in [3.05, 3.63) is 53.6 Å². The Bertz CT molecular complexity index is 635. The van der Waals surface area contributed by atoms with Crippen molar-refractivity contribution in [2.75, 3.05) is 0 Å². The first kappa shape index (κ1) is 13.5. The molecule has 2 heterocycles. The van der Waals surface area contributed by atoms with Gasteiger partial charge in [0.05, 0.1) is 6.20 Å². The van der Waals surface area contributed by atoms with E-state index in [1.807, 2.05) is 0 Å². The predicted molar refractivity (Wildman–Crippen MR) is 70.7 cm³/mol. The molecule has 0 bridgehead atoms. The summed E-state index contributed by atoms with van der Waals surface area (Å²) in [5, 5.41) is 17.8. The molecular weight excluding hydrogens is 260 g/mol. The molecule has 0 fully saturated rings. The fourth-order valence-electron chi connectivity index (χ4n) is 1.56. The average Bonchev–Trinajstić information content (AvgIpc) is 2.96. The summed E-state index contributed by atoms with van der Waals surface area (Å²) < 4.78 is 0. The molecule has 0 saturated heterocycles. The summed E-state index contributed by atoms with van der Waals surface area (Å²) in [5.74, 6) is -1.39. The number of aliphatic carboxylic acids is 1. The number of carbonyl (C=O) groups is 2. The number of nitrogens with one attached hydrogen (secondary N) is 2. The van der Waals surface area contributed by atoms with Gasteiger partial charge in [0.2, 0.25) is 0 Å². The number of carboxylic acid groups (broad SMARTS) is 1. The molecule has 1 amide bonds. The molecule has 0 atom stereocenters. The zero-order valence-electron chi connectivity index (χ0n) is 10.4. The van der Waals surface area contributed by atoms with Gasteiger partial charge in [0.1, 0.15) is 0 Å². The fraction of sp³-hybridized carbons (Fsp3) is 0.0769. The van der Waals surface area contributed by atoms with Gasteiger partial charge in [-0.25, -0.2) is 4.79 Å². The molecule has 2 aromatic rings. The fourth-order valence-corrected chi connectivity index (χ4v) is 1.56. The summed E-state index contributed by atoms with van der Waals surface area (Å²) in [5.41, 5.74) is 1.65. The van der Waals surface area contributed by atoms with Crippen molar-refractivity contribution in [1.29, 1.82) is 0 Å². The Kier molecular flexibility index (Phi) is 4.23. The minimum atomic E-state index is -1.08. The number of carbonyl (C=O) groups excluding carboxylic acids is 1. The van der Waals surface area contributed by atoms with Crippen LogP contribution in [0.2, 0.25) is 0 Å². The first-order chi connectivity index (χ1) is 9.66. The molecule has 0 spiro atoms. The van der Waals surface area contributed by atoms with Crippen LogP contribution in [0.3, 0.4) is 0 Å². The lowest BCUT2D eigenvalue weighted by Gasteiger charge is -2.06. The molecule has 0 aliphatic carbocycles. The van der Waals surface area contributed by atoms with E-state index in [4.69, 9.17) is 5.11 Å². The average molecular weight is 272 g/mol. The van der Waals surface area contributed by atoms with Crippen LogP contribution in [0.25, 0.3) is 6.08 Å². The van der Waals surface area contributed by atoms with E-state index in [9.17, 15) is 9.59 Å². The molecule has 0 aliphatic rings. The third kappa shape index (κ3) is 3.52. The van der Waals surface area contributed by atoms with Gasteiger partial charge in [-0.2, -0.15) is 5.10 Å². The van der Waals surface area contributed by atoms with E-state index in [2.05, 4.69) is 20.5 Å². The number of aromatic nitrogens is 3. The number of H-pyrrole nitrogens is 1. The quantitative estimate of drug-likeness (QED) is 0.699. The topological polar surface area (TPSA) is 108 Å². The van der Waals surface area contributed by atoms with E-state index in [1.165, 1.54) is 24.5 Å². The first-order valence-electron chi connectivity index (χ1n) is 5.77. The molecular formula is C13H12N4O3. The smallest absolute Gasteiger partial charge is 0.328 e. The number of pyridine rings is 1. The minimum absolute atomic E-state index is 0.307. The molecule has 7 heteroatoms. The number of aromatic amines is 1. The summed E-state index contributed by atoms with van der Waals surface area (Å²) in [6.45, 7) is 0.333. The molecule has 7 nitrogen and oxygen atoms in total. The van der Waals surface area contributed by atoms with Crippen LogP contribution in [-0.2, 0) is 11.3 Å². The van der Waals surface area contributed by atoms with E-state index in [0.29, 0.717) is 17.7 Å². The molecule has 20 heavy (non-hydrogen) atoms. The zero-order chi connectivity index (χ0) is 14.4. The van der Waals surface area contributed by atoms with Crippen LogP contribution < -0.4 is 5.32 Å². The summed E-state index contributed by atoms with van der Waals surface area (Å²) in [7, 11) is 0. The Labute approximate surface area is 114 Å². The SMILES string of the molecule is O=C(O)C=Cc1cnccc1C(=O)NCc1cn[nH]c1. The highest BCUT2D eigenvalue weighted by Gasteiger charge is 2.09. The maximum Gasteiger partial charge on any atom is 0.328 e.